The van der Waals surface area contributed by atoms with Gasteiger partial charge in [-0.2, -0.15) is 0 Å². The fraction of sp³-hybridized carbons (Fsp3) is 1.00. The molecule has 1 aliphatic carbocycles. The molecule has 112 valence electrons. The molecule has 1 saturated carbocycles. The Bertz CT molecular complexity index is 273. The van der Waals surface area contributed by atoms with Crippen LogP contribution in [0.25, 0.3) is 0 Å². The van der Waals surface area contributed by atoms with E-state index in [0.717, 1.165) is 18.5 Å². The van der Waals surface area contributed by atoms with E-state index in [0.29, 0.717) is 0 Å². The second-order valence-electron chi connectivity index (χ2n) is 7.14. The van der Waals surface area contributed by atoms with Gasteiger partial charge in [0.05, 0.1) is 0 Å². The summed E-state index contributed by atoms with van der Waals surface area (Å²) in [4.78, 5) is 5.12. The molecule has 0 radical (unpaired) electrons. The first-order valence-electron chi connectivity index (χ1n) is 8.24. The minimum atomic E-state index is 0.0777. The Morgan fingerprint density at radius 1 is 1.26 bits per heavy atom. The van der Waals surface area contributed by atoms with Crippen LogP contribution in [-0.2, 0) is 0 Å². The quantitative estimate of drug-likeness (QED) is 0.848. The summed E-state index contributed by atoms with van der Waals surface area (Å²) in [5.74, 6) is 0.814. The second kappa shape index (κ2) is 6.55. The standard InChI is InChI=1S/C16H33N3/c1-4-19-10-7-15(8-11-19)18(3)13-16(17)9-5-6-14(2)12-16/h14-15H,4-13,17H2,1-3H3. The number of hydrogen-bond acceptors (Lipinski definition) is 3. The molecule has 2 fully saturated rings. The second-order valence-corrected chi connectivity index (χ2v) is 7.14. The maximum absolute atomic E-state index is 6.66. The molecule has 3 heteroatoms. The average Bonchev–Trinajstić information content (AvgIpc) is 2.38. The van der Waals surface area contributed by atoms with E-state index in [1.54, 1.807) is 0 Å². The van der Waals surface area contributed by atoms with Crippen molar-refractivity contribution in [3.8, 4) is 0 Å². The highest BCUT2D eigenvalue weighted by atomic mass is 15.2. The third kappa shape index (κ3) is 4.17. The molecule has 3 nitrogen and oxygen atoms in total. The number of likely N-dealkylation sites (tertiary alicyclic amines) is 1. The van der Waals surface area contributed by atoms with Gasteiger partial charge >= 0.3 is 0 Å². The van der Waals surface area contributed by atoms with Crippen LogP contribution in [-0.4, -0.2) is 54.6 Å². The van der Waals surface area contributed by atoms with Crippen LogP contribution in [0.15, 0.2) is 0 Å². The maximum Gasteiger partial charge on any atom is 0.0285 e. The lowest BCUT2D eigenvalue weighted by atomic mass is 9.76. The minimum Gasteiger partial charge on any atom is -0.324 e. The Labute approximate surface area is 119 Å². The number of piperidine rings is 1. The Hall–Kier alpha value is -0.120. The van der Waals surface area contributed by atoms with Crippen molar-refractivity contribution in [2.75, 3.05) is 33.2 Å². The van der Waals surface area contributed by atoms with E-state index in [4.69, 9.17) is 5.73 Å². The Morgan fingerprint density at radius 3 is 2.53 bits per heavy atom. The van der Waals surface area contributed by atoms with Crippen molar-refractivity contribution >= 4 is 0 Å². The van der Waals surface area contributed by atoms with Crippen LogP contribution < -0.4 is 5.73 Å². The van der Waals surface area contributed by atoms with Crippen molar-refractivity contribution in [1.82, 2.24) is 9.80 Å². The molecular formula is C16H33N3. The first-order valence-corrected chi connectivity index (χ1v) is 8.24. The molecule has 0 bridgehead atoms. The van der Waals surface area contributed by atoms with Gasteiger partial charge in [-0.1, -0.05) is 26.7 Å². The first-order chi connectivity index (χ1) is 9.02. The monoisotopic (exact) mass is 267 g/mol. The van der Waals surface area contributed by atoms with Crippen molar-refractivity contribution in [3.05, 3.63) is 0 Å². The topological polar surface area (TPSA) is 32.5 Å². The number of nitrogens with two attached hydrogens (primary N) is 1. The number of nitrogens with zero attached hydrogens (tertiary/aromatic N) is 2. The summed E-state index contributed by atoms with van der Waals surface area (Å²) in [5.41, 5.74) is 6.74. The lowest BCUT2D eigenvalue weighted by molar-refractivity contribution is 0.0933. The first kappa shape index (κ1) is 15.3. The summed E-state index contributed by atoms with van der Waals surface area (Å²) in [5, 5.41) is 0. The van der Waals surface area contributed by atoms with E-state index in [2.05, 4.69) is 30.7 Å². The predicted molar refractivity (Wildman–Crippen MR) is 82.3 cm³/mol. The summed E-state index contributed by atoms with van der Waals surface area (Å²) >= 11 is 0. The molecule has 19 heavy (non-hydrogen) atoms. The average molecular weight is 267 g/mol. The SMILES string of the molecule is CCN1CCC(N(C)CC2(N)CCCC(C)C2)CC1. The third-order valence-corrected chi connectivity index (χ3v) is 5.32. The highest BCUT2D eigenvalue weighted by molar-refractivity contribution is 4.93. The Balaban J connectivity index is 1.82. The molecule has 0 aromatic rings. The number of likely N-dealkylation sites (N-methyl/N-ethyl adjacent to an activating group) is 1. The fourth-order valence-corrected chi connectivity index (χ4v) is 4.15. The van der Waals surface area contributed by atoms with E-state index in [-0.39, 0.29) is 5.54 Å². The molecule has 0 aromatic carbocycles. The van der Waals surface area contributed by atoms with Crippen molar-refractivity contribution in [3.63, 3.8) is 0 Å². The largest absolute Gasteiger partial charge is 0.324 e. The summed E-state index contributed by atoms with van der Waals surface area (Å²) < 4.78 is 0. The van der Waals surface area contributed by atoms with Crippen LogP contribution in [0.4, 0.5) is 0 Å². The third-order valence-electron chi connectivity index (χ3n) is 5.32. The lowest BCUT2D eigenvalue weighted by Gasteiger charge is -2.43. The van der Waals surface area contributed by atoms with Crippen molar-refractivity contribution in [2.45, 2.75) is 64.0 Å². The molecule has 1 aliphatic heterocycles. The van der Waals surface area contributed by atoms with Crippen LogP contribution >= 0.6 is 0 Å². The fourth-order valence-electron chi connectivity index (χ4n) is 4.15. The molecular weight excluding hydrogens is 234 g/mol. The predicted octanol–water partition coefficient (Wildman–Crippen LogP) is 2.31. The van der Waals surface area contributed by atoms with Gasteiger partial charge in [-0.3, -0.25) is 0 Å². The van der Waals surface area contributed by atoms with E-state index in [9.17, 15) is 0 Å². The molecule has 0 amide bonds. The van der Waals surface area contributed by atoms with E-state index in [1.165, 1.54) is 58.2 Å². The zero-order valence-corrected chi connectivity index (χ0v) is 13.2. The minimum absolute atomic E-state index is 0.0777. The van der Waals surface area contributed by atoms with Gasteiger partial charge in [-0.15, -0.1) is 0 Å². The van der Waals surface area contributed by atoms with E-state index >= 15 is 0 Å². The Morgan fingerprint density at radius 2 is 1.95 bits per heavy atom. The van der Waals surface area contributed by atoms with Gasteiger partial charge in [0.15, 0.2) is 0 Å². The molecule has 0 aromatic heterocycles. The van der Waals surface area contributed by atoms with Crippen molar-refractivity contribution < 1.29 is 0 Å². The zero-order valence-electron chi connectivity index (χ0n) is 13.2. The molecule has 2 N–H and O–H groups in total. The van der Waals surface area contributed by atoms with Crippen LogP contribution in [0.1, 0.15) is 52.4 Å². The van der Waals surface area contributed by atoms with Crippen LogP contribution in [0.3, 0.4) is 0 Å². The van der Waals surface area contributed by atoms with Gasteiger partial charge in [0, 0.05) is 18.1 Å². The van der Waals surface area contributed by atoms with E-state index < -0.39 is 0 Å². The molecule has 0 spiro atoms. The van der Waals surface area contributed by atoms with Crippen LogP contribution in [0.5, 0.6) is 0 Å². The summed E-state index contributed by atoms with van der Waals surface area (Å²) in [6.07, 6.45) is 7.75. The molecule has 2 aliphatic rings. The molecule has 1 saturated heterocycles. The Kier molecular flexibility index (Phi) is 5.27. The van der Waals surface area contributed by atoms with Gasteiger partial charge in [0.2, 0.25) is 0 Å². The normalized spacial score (nSPS) is 34.9. The molecule has 2 rings (SSSR count). The number of rotatable bonds is 4. The van der Waals surface area contributed by atoms with Crippen molar-refractivity contribution in [2.24, 2.45) is 11.7 Å². The summed E-state index contributed by atoms with van der Waals surface area (Å²) in [6, 6.07) is 0.750. The lowest BCUT2D eigenvalue weighted by Crippen LogP contribution is -2.55. The summed E-state index contributed by atoms with van der Waals surface area (Å²) in [6.45, 7) is 9.45. The molecule has 2 unspecified atom stereocenters. The molecule has 1 heterocycles. The zero-order chi connectivity index (χ0) is 13.9. The van der Waals surface area contributed by atoms with Crippen molar-refractivity contribution in [1.29, 1.82) is 0 Å². The van der Waals surface area contributed by atoms with Gasteiger partial charge in [-0.05, 0) is 58.3 Å². The van der Waals surface area contributed by atoms with Gasteiger partial charge in [0.25, 0.3) is 0 Å². The maximum atomic E-state index is 6.66. The van der Waals surface area contributed by atoms with Crippen LogP contribution in [0.2, 0.25) is 0 Å². The molecule has 2 atom stereocenters. The van der Waals surface area contributed by atoms with Gasteiger partial charge in [0.1, 0.15) is 0 Å². The summed E-state index contributed by atoms with van der Waals surface area (Å²) in [7, 11) is 2.29. The smallest absolute Gasteiger partial charge is 0.0285 e. The van der Waals surface area contributed by atoms with Gasteiger partial charge in [-0.25, -0.2) is 0 Å². The number of hydrogen-bond donors (Lipinski definition) is 1. The van der Waals surface area contributed by atoms with E-state index in [1.807, 2.05) is 0 Å². The highest BCUT2D eigenvalue weighted by Gasteiger charge is 2.34. The highest BCUT2D eigenvalue weighted by Crippen LogP contribution is 2.31. The van der Waals surface area contributed by atoms with Crippen LogP contribution in [0, 0.1) is 5.92 Å². The van der Waals surface area contributed by atoms with Gasteiger partial charge < -0.3 is 15.5 Å².